The van der Waals surface area contributed by atoms with Crippen molar-refractivity contribution in [1.29, 1.82) is 0 Å². The van der Waals surface area contributed by atoms with E-state index in [1.54, 1.807) is 17.8 Å². The van der Waals surface area contributed by atoms with Gasteiger partial charge in [0, 0.05) is 17.9 Å². The summed E-state index contributed by atoms with van der Waals surface area (Å²) in [6.07, 6.45) is 1.39. The molecule has 2 N–H and O–H groups in total. The summed E-state index contributed by atoms with van der Waals surface area (Å²) in [7, 11) is 0. The maximum Gasteiger partial charge on any atom is 0.255 e. The van der Waals surface area contributed by atoms with Crippen molar-refractivity contribution in [2.45, 2.75) is 42.5 Å². The van der Waals surface area contributed by atoms with E-state index in [1.807, 2.05) is 49.1 Å². The van der Waals surface area contributed by atoms with Crippen LogP contribution in [0.1, 0.15) is 41.3 Å². The Labute approximate surface area is 162 Å². The molecule has 0 bridgehead atoms. The predicted octanol–water partition coefficient (Wildman–Crippen LogP) is 3.97. The molecule has 27 heavy (non-hydrogen) atoms. The van der Waals surface area contributed by atoms with Crippen LogP contribution in [0.3, 0.4) is 0 Å². The van der Waals surface area contributed by atoms with Crippen LogP contribution in [0, 0.1) is 12.7 Å². The van der Waals surface area contributed by atoms with Gasteiger partial charge in [0.25, 0.3) is 5.91 Å². The Morgan fingerprint density at radius 3 is 2.85 bits per heavy atom. The van der Waals surface area contributed by atoms with Gasteiger partial charge in [0.05, 0.1) is 22.0 Å². The highest BCUT2D eigenvalue weighted by Crippen LogP contribution is 2.43. The summed E-state index contributed by atoms with van der Waals surface area (Å²) in [6, 6.07) is 12.6. The van der Waals surface area contributed by atoms with Crippen LogP contribution in [0.25, 0.3) is 0 Å². The molecule has 2 unspecified atom stereocenters. The number of aliphatic imine (C=N–C) groups is 1. The van der Waals surface area contributed by atoms with Crippen LogP contribution in [-0.4, -0.2) is 34.1 Å². The SMILES string of the molecule is Cc1cccc(F)c1C(N)=NC1(C)CCN2C(=O)c3ccccc3SC2C1. The first-order valence-corrected chi connectivity index (χ1v) is 9.93. The maximum atomic E-state index is 14.2. The second-order valence-electron chi connectivity index (χ2n) is 7.45. The molecule has 140 valence electrons. The van der Waals surface area contributed by atoms with Gasteiger partial charge in [-0.05, 0) is 44.0 Å². The van der Waals surface area contributed by atoms with Gasteiger partial charge in [0.2, 0.25) is 0 Å². The zero-order chi connectivity index (χ0) is 19.2. The number of amides is 1. The van der Waals surface area contributed by atoms with Crippen LogP contribution < -0.4 is 5.73 Å². The van der Waals surface area contributed by atoms with Gasteiger partial charge in [-0.25, -0.2) is 4.39 Å². The third-order valence-corrected chi connectivity index (χ3v) is 6.67. The van der Waals surface area contributed by atoms with Crippen molar-refractivity contribution in [1.82, 2.24) is 4.90 Å². The number of rotatable bonds is 2. The summed E-state index contributed by atoms with van der Waals surface area (Å²) in [5.41, 5.74) is 7.69. The fraction of sp³-hybridized carbons (Fsp3) is 0.333. The summed E-state index contributed by atoms with van der Waals surface area (Å²) in [4.78, 5) is 20.5. The van der Waals surface area contributed by atoms with E-state index in [1.165, 1.54) is 6.07 Å². The lowest BCUT2D eigenvalue weighted by Crippen LogP contribution is -2.51. The number of fused-ring (bicyclic) bond motifs is 2. The summed E-state index contributed by atoms with van der Waals surface area (Å²) < 4.78 is 14.2. The van der Waals surface area contributed by atoms with Crippen molar-refractivity contribution in [2.24, 2.45) is 10.7 Å². The molecule has 6 heteroatoms. The van der Waals surface area contributed by atoms with E-state index in [-0.39, 0.29) is 22.9 Å². The fourth-order valence-corrected chi connectivity index (χ4v) is 5.39. The Balaban J connectivity index is 1.63. The van der Waals surface area contributed by atoms with E-state index in [2.05, 4.69) is 0 Å². The van der Waals surface area contributed by atoms with Gasteiger partial charge in [-0.3, -0.25) is 9.79 Å². The monoisotopic (exact) mass is 383 g/mol. The number of hydrogen-bond acceptors (Lipinski definition) is 3. The average molecular weight is 383 g/mol. The molecular weight excluding hydrogens is 361 g/mol. The molecule has 4 nitrogen and oxygen atoms in total. The minimum Gasteiger partial charge on any atom is -0.383 e. The Hall–Kier alpha value is -2.34. The van der Waals surface area contributed by atoms with Crippen molar-refractivity contribution in [2.75, 3.05) is 6.54 Å². The lowest BCUT2D eigenvalue weighted by molar-refractivity contribution is 0.0633. The number of amidine groups is 1. The van der Waals surface area contributed by atoms with Gasteiger partial charge in [-0.2, -0.15) is 0 Å². The highest BCUT2D eigenvalue weighted by molar-refractivity contribution is 8.00. The van der Waals surface area contributed by atoms with Crippen molar-refractivity contribution in [3.05, 3.63) is 65.0 Å². The number of hydrogen-bond donors (Lipinski definition) is 1. The third-order valence-electron chi connectivity index (χ3n) is 5.36. The largest absolute Gasteiger partial charge is 0.383 e. The molecule has 2 aliphatic heterocycles. The number of benzene rings is 2. The van der Waals surface area contributed by atoms with E-state index >= 15 is 0 Å². The quantitative estimate of drug-likeness (QED) is 0.631. The van der Waals surface area contributed by atoms with E-state index in [0.717, 1.165) is 16.0 Å². The molecule has 0 aromatic heterocycles. The Morgan fingerprint density at radius 1 is 1.30 bits per heavy atom. The van der Waals surface area contributed by atoms with Crippen LogP contribution in [0.15, 0.2) is 52.4 Å². The maximum absolute atomic E-state index is 14.2. The standard InChI is InChI=1S/C21H22FN3OS/c1-13-6-5-8-15(22)18(13)19(23)24-21(2)10-11-25-17(12-21)27-16-9-4-3-7-14(16)20(25)26/h3-9,17H,10-12H2,1-2H3,(H2,23,24). The second kappa shape index (κ2) is 6.68. The van der Waals surface area contributed by atoms with Gasteiger partial charge in [-0.15, -0.1) is 11.8 Å². The number of aryl methyl sites for hydroxylation is 1. The smallest absolute Gasteiger partial charge is 0.255 e. The van der Waals surface area contributed by atoms with E-state index in [4.69, 9.17) is 10.7 Å². The Bertz CT molecular complexity index is 925. The Kier molecular flexibility index (Phi) is 4.46. The molecule has 1 saturated heterocycles. The van der Waals surface area contributed by atoms with Crippen LogP contribution in [0.5, 0.6) is 0 Å². The lowest BCUT2D eigenvalue weighted by Gasteiger charge is -2.45. The average Bonchev–Trinajstić information content (AvgIpc) is 2.61. The molecule has 0 saturated carbocycles. The zero-order valence-electron chi connectivity index (χ0n) is 15.4. The Morgan fingerprint density at radius 2 is 2.07 bits per heavy atom. The fourth-order valence-electron chi connectivity index (χ4n) is 3.88. The number of carbonyl (C=O) groups is 1. The van der Waals surface area contributed by atoms with Gasteiger partial charge in [0.1, 0.15) is 11.7 Å². The molecule has 1 amide bonds. The highest BCUT2D eigenvalue weighted by atomic mass is 32.2. The van der Waals surface area contributed by atoms with Crippen molar-refractivity contribution < 1.29 is 9.18 Å². The molecule has 0 aliphatic carbocycles. The number of nitrogens with zero attached hydrogens (tertiary/aromatic N) is 2. The normalized spacial score (nSPS) is 25.1. The van der Waals surface area contributed by atoms with Gasteiger partial charge < -0.3 is 10.6 Å². The van der Waals surface area contributed by atoms with Crippen molar-refractivity contribution in [3.63, 3.8) is 0 Å². The van der Waals surface area contributed by atoms with E-state index in [0.29, 0.717) is 24.9 Å². The first-order valence-electron chi connectivity index (χ1n) is 9.05. The van der Waals surface area contributed by atoms with E-state index in [9.17, 15) is 9.18 Å². The predicted molar refractivity (Wildman–Crippen MR) is 107 cm³/mol. The molecule has 2 atom stereocenters. The summed E-state index contributed by atoms with van der Waals surface area (Å²) in [5.74, 6) is -0.0409. The third kappa shape index (κ3) is 3.23. The highest BCUT2D eigenvalue weighted by Gasteiger charge is 2.42. The number of piperidine rings is 1. The summed E-state index contributed by atoms with van der Waals surface area (Å²) in [6.45, 7) is 4.49. The number of thioether (sulfide) groups is 1. The zero-order valence-corrected chi connectivity index (χ0v) is 16.2. The molecule has 2 heterocycles. The molecule has 1 fully saturated rings. The van der Waals surface area contributed by atoms with Gasteiger partial charge >= 0.3 is 0 Å². The molecule has 0 spiro atoms. The summed E-state index contributed by atoms with van der Waals surface area (Å²) >= 11 is 1.70. The number of halogens is 1. The number of nitrogens with two attached hydrogens (primary N) is 1. The number of carbonyl (C=O) groups excluding carboxylic acids is 1. The lowest BCUT2D eigenvalue weighted by atomic mass is 9.89. The first kappa shape index (κ1) is 18.0. The topological polar surface area (TPSA) is 58.7 Å². The van der Waals surface area contributed by atoms with Crippen molar-refractivity contribution in [3.8, 4) is 0 Å². The van der Waals surface area contributed by atoms with Gasteiger partial charge in [-0.1, -0.05) is 24.3 Å². The van der Waals surface area contributed by atoms with E-state index < -0.39 is 5.54 Å². The van der Waals surface area contributed by atoms with Crippen molar-refractivity contribution >= 4 is 23.5 Å². The van der Waals surface area contributed by atoms with Crippen LogP contribution in [0.4, 0.5) is 4.39 Å². The molecular formula is C21H22FN3OS. The minimum atomic E-state index is -0.431. The summed E-state index contributed by atoms with van der Waals surface area (Å²) in [5, 5.41) is 0.0180. The molecule has 2 aromatic rings. The van der Waals surface area contributed by atoms with Crippen LogP contribution in [-0.2, 0) is 0 Å². The molecule has 0 radical (unpaired) electrons. The van der Waals surface area contributed by atoms with Gasteiger partial charge in [0.15, 0.2) is 0 Å². The molecule has 2 aliphatic rings. The second-order valence-corrected chi connectivity index (χ2v) is 8.67. The first-order chi connectivity index (χ1) is 12.9. The minimum absolute atomic E-state index is 0.0180. The van der Waals surface area contributed by atoms with Crippen LogP contribution >= 0.6 is 11.8 Å². The molecule has 4 rings (SSSR count). The van der Waals surface area contributed by atoms with Crippen LogP contribution in [0.2, 0.25) is 0 Å². The molecule has 2 aromatic carbocycles.